The van der Waals surface area contributed by atoms with E-state index in [0.717, 1.165) is 18.4 Å². The average Bonchev–Trinajstić information content (AvgIpc) is 2.49. The van der Waals surface area contributed by atoms with Gasteiger partial charge in [0.1, 0.15) is 0 Å². The lowest BCUT2D eigenvalue weighted by Gasteiger charge is -2.45. The topological polar surface area (TPSA) is 72.4 Å². The van der Waals surface area contributed by atoms with Crippen molar-refractivity contribution in [1.29, 1.82) is 0 Å². The zero-order chi connectivity index (χ0) is 15.4. The maximum atomic E-state index is 11.0. The van der Waals surface area contributed by atoms with E-state index in [1.54, 1.807) is 18.2 Å². The maximum absolute atomic E-state index is 11.0. The minimum Gasteiger partial charge on any atom is -0.329 e. The molecule has 5 heteroatoms. The summed E-state index contributed by atoms with van der Waals surface area (Å²) in [6.45, 7) is 5.02. The number of nitro benzene ring substituents is 1. The molecule has 0 aromatic heterocycles. The molecule has 1 aromatic rings. The molecule has 0 saturated carbocycles. The molecule has 1 aliphatic heterocycles. The number of hydrogen-bond donors (Lipinski definition) is 1. The molecule has 1 saturated heterocycles. The first-order valence-electron chi connectivity index (χ1n) is 7.80. The van der Waals surface area contributed by atoms with E-state index < -0.39 is 0 Å². The Morgan fingerprint density at radius 2 is 2.24 bits per heavy atom. The number of likely N-dealkylation sites (tertiary alicyclic amines) is 1. The van der Waals surface area contributed by atoms with E-state index in [1.165, 1.54) is 12.8 Å². The highest BCUT2D eigenvalue weighted by atomic mass is 16.6. The molecular formula is C16H25N3O2. The summed E-state index contributed by atoms with van der Waals surface area (Å²) < 4.78 is 0. The molecule has 3 unspecified atom stereocenters. The van der Waals surface area contributed by atoms with E-state index in [0.29, 0.717) is 18.6 Å². The van der Waals surface area contributed by atoms with Crippen LogP contribution in [0.25, 0.3) is 0 Å². The van der Waals surface area contributed by atoms with Gasteiger partial charge in [0.15, 0.2) is 0 Å². The van der Waals surface area contributed by atoms with Crippen molar-refractivity contribution >= 4 is 5.69 Å². The Morgan fingerprint density at radius 1 is 1.48 bits per heavy atom. The molecule has 3 atom stereocenters. The first-order valence-corrected chi connectivity index (χ1v) is 7.80. The van der Waals surface area contributed by atoms with Crippen molar-refractivity contribution < 1.29 is 4.92 Å². The van der Waals surface area contributed by atoms with Gasteiger partial charge in [0.2, 0.25) is 0 Å². The van der Waals surface area contributed by atoms with Crippen molar-refractivity contribution in [2.75, 3.05) is 6.54 Å². The van der Waals surface area contributed by atoms with Gasteiger partial charge in [-0.1, -0.05) is 25.5 Å². The quantitative estimate of drug-likeness (QED) is 0.667. The lowest BCUT2D eigenvalue weighted by atomic mass is 9.90. The molecule has 0 amide bonds. The Hall–Kier alpha value is -1.46. The van der Waals surface area contributed by atoms with Crippen LogP contribution in [0.1, 0.15) is 51.1 Å². The van der Waals surface area contributed by atoms with Crippen molar-refractivity contribution in [3.8, 4) is 0 Å². The van der Waals surface area contributed by atoms with E-state index in [9.17, 15) is 10.1 Å². The Balaban J connectivity index is 2.33. The second-order valence-corrected chi connectivity index (χ2v) is 5.89. The lowest BCUT2D eigenvalue weighted by Crippen LogP contribution is -2.50. The third-order valence-corrected chi connectivity index (χ3v) is 4.57. The molecule has 1 aliphatic rings. The van der Waals surface area contributed by atoms with Gasteiger partial charge in [-0.15, -0.1) is 0 Å². The summed E-state index contributed by atoms with van der Waals surface area (Å²) in [5.41, 5.74) is 7.15. The SMILES string of the molecule is CCC(c1cccc([N+](=O)[O-])c1)N1C(C)CCCC1CN. The zero-order valence-corrected chi connectivity index (χ0v) is 12.9. The summed E-state index contributed by atoms with van der Waals surface area (Å²) in [7, 11) is 0. The van der Waals surface area contributed by atoms with Crippen LogP contribution in [0.2, 0.25) is 0 Å². The highest BCUT2D eigenvalue weighted by molar-refractivity contribution is 5.36. The van der Waals surface area contributed by atoms with Crippen LogP contribution in [0, 0.1) is 10.1 Å². The molecule has 1 aromatic carbocycles. The van der Waals surface area contributed by atoms with E-state index in [1.807, 2.05) is 6.07 Å². The molecule has 0 spiro atoms. The lowest BCUT2D eigenvalue weighted by molar-refractivity contribution is -0.385. The summed E-state index contributed by atoms with van der Waals surface area (Å²) in [6, 6.07) is 8.08. The smallest absolute Gasteiger partial charge is 0.269 e. The van der Waals surface area contributed by atoms with Gasteiger partial charge in [0.25, 0.3) is 5.69 Å². The number of non-ortho nitro benzene ring substituents is 1. The van der Waals surface area contributed by atoms with Crippen LogP contribution in [0.15, 0.2) is 24.3 Å². The minimum atomic E-state index is -0.323. The second kappa shape index (κ2) is 7.00. The van der Waals surface area contributed by atoms with Crippen molar-refractivity contribution in [3.05, 3.63) is 39.9 Å². The number of piperidine rings is 1. The van der Waals surface area contributed by atoms with Gasteiger partial charge in [-0.05, 0) is 31.7 Å². The standard InChI is InChI=1S/C16H25N3O2/c1-3-16(13-7-5-8-14(10-13)19(20)21)18-12(2)6-4-9-15(18)11-17/h5,7-8,10,12,15-16H,3-4,6,9,11,17H2,1-2H3. The second-order valence-electron chi connectivity index (χ2n) is 5.89. The van der Waals surface area contributed by atoms with Gasteiger partial charge >= 0.3 is 0 Å². The van der Waals surface area contributed by atoms with Gasteiger partial charge in [0.05, 0.1) is 4.92 Å². The Labute approximate surface area is 126 Å². The summed E-state index contributed by atoms with van der Waals surface area (Å²) >= 11 is 0. The fourth-order valence-corrected chi connectivity index (χ4v) is 3.57. The van der Waals surface area contributed by atoms with Crippen molar-refractivity contribution in [2.45, 2.75) is 57.7 Å². The molecule has 2 rings (SSSR count). The van der Waals surface area contributed by atoms with E-state index in [2.05, 4.69) is 18.7 Å². The zero-order valence-electron chi connectivity index (χ0n) is 12.9. The molecule has 1 heterocycles. The predicted octanol–water partition coefficient (Wildman–Crippen LogP) is 3.25. The first kappa shape index (κ1) is 15.9. The summed E-state index contributed by atoms with van der Waals surface area (Å²) in [4.78, 5) is 13.1. The van der Waals surface area contributed by atoms with Crippen molar-refractivity contribution in [3.63, 3.8) is 0 Å². The van der Waals surface area contributed by atoms with Gasteiger partial charge < -0.3 is 5.73 Å². The Morgan fingerprint density at radius 3 is 2.86 bits per heavy atom. The first-order chi connectivity index (χ1) is 10.1. The summed E-state index contributed by atoms with van der Waals surface area (Å²) in [5.74, 6) is 0. The van der Waals surface area contributed by atoms with Gasteiger partial charge in [0, 0.05) is 36.8 Å². The largest absolute Gasteiger partial charge is 0.329 e. The molecule has 0 radical (unpaired) electrons. The van der Waals surface area contributed by atoms with Crippen LogP contribution in [-0.4, -0.2) is 28.5 Å². The van der Waals surface area contributed by atoms with E-state index in [4.69, 9.17) is 5.73 Å². The Bertz CT molecular complexity index is 492. The minimum absolute atomic E-state index is 0.167. The third kappa shape index (κ3) is 3.41. The molecule has 116 valence electrons. The van der Waals surface area contributed by atoms with Crippen LogP contribution >= 0.6 is 0 Å². The molecule has 21 heavy (non-hydrogen) atoms. The molecule has 0 aliphatic carbocycles. The fourth-order valence-electron chi connectivity index (χ4n) is 3.57. The third-order valence-electron chi connectivity index (χ3n) is 4.57. The van der Waals surface area contributed by atoms with Crippen molar-refractivity contribution in [1.82, 2.24) is 4.90 Å². The summed E-state index contributed by atoms with van der Waals surface area (Å²) in [5, 5.41) is 11.0. The predicted molar refractivity (Wildman–Crippen MR) is 84.1 cm³/mol. The van der Waals surface area contributed by atoms with E-state index in [-0.39, 0.29) is 16.7 Å². The van der Waals surface area contributed by atoms with Gasteiger partial charge in [-0.25, -0.2) is 0 Å². The molecular weight excluding hydrogens is 266 g/mol. The number of rotatable bonds is 5. The van der Waals surface area contributed by atoms with Crippen LogP contribution in [0.5, 0.6) is 0 Å². The number of nitrogens with two attached hydrogens (primary N) is 1. The average molecular weight is 291 g/mol. The Kier molecular flexibility index (Phi) is 5.31. The molecule has 5 nitrogen and oxygen atoms in total. The van der Waals surface area contributed by atoms with Gasteiger partial charge in [-0.2, -0.15) is 0 Å². The van der Waals surface area contributed by atoms with Crippen LogP contribution in [-0.2, 0) is 0 Å². The number of nitro groups is 1. The normalized spacial score (nSPS) is 24.7. The van der Waals surface area contributed by atoms with E-state index >= 15 is 0 Å². The van der Waals surface area contributed by atoms with Crippen LogP contribution in [0.3, 0.4) is 0 Å². The highest BCUT2D eigenvalue weighted by Crippen LogP contribution is 2.35. The van der Waals surface area contributed by atoms with Crippen LogP contribution in [0.4, 0.5) is 5.69 Å². The monoisotopic (exact) mass is 291 g/mol. The highest BCUT2D eigenvalue weighted by Gasteiger charge is 2.33. The fraction of sp³-hybridized carbons (Fsp3) is 0.625. The molecule has 0 bridgehead atoms. The summed E-state index contributed by atoms with van der Waals surface area (Å²) in [6.07, 6.45) is 4.43. The number of hydrogen-bond acceptors (Lipinski definition) is 4. The molecule has 1 fully saturated rings. The van der Waals surface area contributed by atoms with Crippen molar-refractivity contribution in [2.24, 2.45) is 5.73 Å². The number of nitrogens with zero attached hydrogens (tertiary/aromatic N) is 2. The molecule has 2 N–H and O–H groups in total. The number of benzene rings is 1. The van der Waals surface area contributed by atoms with Gasteiger partial charge in [-0.3, -0.25) is 15.0 Å². The maximum Gasteiger partial charge on any atom is 0.269 e. The van der Waals surface area contributed by atoms with Crippen LogP contribution < -0.4 is 5.73 Å².